The maximum atomic E-state index is 9.27. The summed E-state index contributed by atoms with van der Waals surface area (Å²) in [4.78, 5) is 0. The molecule has 2 unspecified atom stereocenters. The van der Waals surface area contributed by atoms with Crippen molar-refractivity contribution in [3.8, 4) is 22.3 Å². The van der Waals surface area contributed by atoms with Gasteiger partial charge in [-0.15, -0.1) is 0 Å². The fraction of sp³-hybridized carbons (Fsp3) is 0.379. The Balaban J connectivity index is 1.49. The van der Waals surface area contributed by atoms with Crippen LogP contribution in [-0.4, -0.2) is 37.7 Å². The number of hydrogen-bond donors (Lipinski definition) is 0. The summed E-state index contributed by atoms with van der Waals surface area (Å²) in [6.07, 6.45) is 4.91. The molecule has 0 saturated carbocycles. The Morgan fingerprint density at radius 3 is 1.00 bits per heavy atom. The number of furan rings is 2. The van der Waals surface area contributed by atoms with E-state index in [4.69, 9.17) is 8.83 Å². The van der Waals surface area contributed by atoms with Gasteiger partial charge in [0.15, 0.2) is 0 Å². The minimum absolute atomic E-state index is 0.241. The molecule has 2 heterocycles. The van der Waals surface area contributed by atoms with Gasteiger partial charge in [0.1, 0.15) is 0 Å². The number of halogens is 2. The second-order valence-electron chi connectivity index (χ2n) is 25.0. The summed E-state index contributed by atoms with van der Waals surface area (Å²) >= 11 is -5.55. The summed E-state index contributed by atoms with van der Waals surface area (Å²) in [6, 6.07) is 29.1. The molecule has 2 nitrogen and oxygen atoms in total. The third kappa shape index (κ3) is 8.83. The summed E-state index contributed by atoms with van der Waals surface area (Å²) in [6.45, 7) is 47.6. The van der Waals surface area contributed by atoms with E-state index in [-0.39, 0.29) is 7.25 Å². The van der Waals surface area contributed by atoms with Crippen molar-refractivity contribution in [2.24, 2.45) is 0 Å². The van der Waals surface area contributed by atoms with Gasteiger partial charge in [0, 0.05) is 0 Å². The van der Waals surface area contributed by atoms with E-state index in [1.54, 1.807) is 0 Å². The van der Waals surface area contributed by atoms with Gasteiger partial charge in [-0.2, -0.15) is 0 Å². The normalized spacial score (nSPS) is 16.8. The molecule has 0 spiro atoms. The zero-order valence-corrected chi connectivity index (χ0v) is 53.8. The topological polar surface area (TPSA) is 26.3 Å². The van der Waals surface area contributed by atoms with Crippen molar-refractivity contribution in [3.05, 3.63) is 140 Å². The number of fused-ring (bicyclic) bond motifs is 2. The summed E-state index contributed by atoms with van der Waals surface area (Å²) in [5.74, 6) is 3.62. The van der Waals surface area contributed by atoms with Crippen molar-refractivity contribution in [3.63, 3.8) is 0 Å². The molecule has 2 aliphatic rings. The Hall–Kier alpha value is -2.53. The molecule has 68 heavy (non-hydrogen) atoms. The molecule has 0 saturated heterocycles. The SMILES string of the molecule is Cc1cc(C2=Cc3c(ccc(C)c3-c3cc([Si](C)(C)C)cc([Si](C)(C)C)c3)[CH]2[Zr]([Cl])([Cl])([CH]2C(c3cc(C)c(C)o3)=Cc3c2ccc(C)c3-c2cc([Si](C)(C)C)cc([Si](C)(C)C)c2)=[Si](C)C)oc1C. The Bertz CT molecular complexity index is 2910. The molecular formula is C58H76Cl2O2Si5Zr. The molecule has 2 aromatic heterocycles. The van der Waals surface area contributed by atoms with Crippen LogP contribution in [0.5, 0.6) is 0 Å². The first kappa shape index (κ1) is 51.8. The van der Waals surface area contributed by atoms with Crippen molar-refractivity contribution < 1.29 is 23.8 Å². The fourth-order valence-electron chi connectivity index (χ4n) is 10.9. The number of allylic oxidation sites excluding steroid dienone is 2. The van der Waals surface area contributed by atoms with Crippen molar-refractivity contribution >= 4 is 98.8 Å². The molecular weight excluding hydrogens is 1030 g/mol. The molecule has 2 atom stereocenters. The van der Waals surface area contributed by atoms with Crippen LogP contribution < -0.4 is 20.7 Å². The molecule has 0 N–H and O–H groups in total. The van der Waals surface area contributed by atoms with Crippen LogP contribution in [0.15, 0.2) is 81.6 Å². The van der Waals surface area contributed by atoms with Crippen LogP contribution in [0.2, 0.25) is 91.7 Å². The van der Waals surface area contributed by atoms with E-state index in [0.717, 1.165) is 45.3 Å². The van der Waals surface area contributed by atoms with Crippen molar-refractivity contribution in [1.82, 2.24) is 0 Å². The molecule has 0 bridgehead atoms. The van der Waals surface area contributed by atoms with E-state index < -0.39 is 52.7 Å². The quantitative estimate of drug-likeness (QED) is 0.128. The van der Waals surface area contributed by atoms with Gasteiger partial charge in [0.2, 0.25) is 0 Å². The number of aryl methyl sites for hydroxylation is 6. The monoisotopic (exact) mass is 1100 g/mol. The van der Waals surface area contributed by atoms with Gasteiger partial charge < -0.3 is 0 Å². The Morgan fingerprint density at radius 2 is 0.750 bits per heavy atom. The number of rotatable bonds is 10. The summed E-state index contributed by atoms with van der Waals surface area (Å²) in [5.41, 5.74) is 15.8. The van der Waals surface area contributed by atoms with Gasteiger partial charge in [-0.05, 0) is 0 Å². The first-order valence-electron chi connectivity index (χ1n) is 24.8. The van der Waals surface area contributed by atoms with Gasteiger partial charge in [0.05, 0.1) is 0 Å². The van der Waals surface area contributed by atoms with Crippen molar-refractivity contribution in [2.45, 2.75) is 140 Å². The number of hydrogen-bond acceptors (Lipinski definition) is 2. The predicted octanol–water partition coefficient (Wildman–Crippen LogP) is 16.4. The van der Waals surface area contributed by atoms with Crippen LogP contribution >= 0.6 is 17.0 Å². The zero-order chi connectivity index (χ0) is 50.2. The number of benzene rings is 4. The molecule has 6 aromatic rings. The first-order valence-corrected chi connectivity index (χ1v) is 54.1. The molecule has 4 aromatic carbocycles. The van der Waals surface area contributed by atoms with Crippen LogP contribution in [0, 0.1) is 41.5 Å². The van der Waals surface area contributed by atoms with Crippen LogP contribution in [0.25, 0.3) is 45.6 Å². The molecule has 0 amide bonds. The third-order valence-electron chi connectivity index (χ3n) is 15.6. The van der Waals surface area contributed by atoms with Crippen molar-refractivity contribution in [1.29, 1.82) is 0 Å². The van der Waals surface area contributed by atoms with E-state index in [2.05, 4.69) is 218 Å². The van der Waals surface area contributed by atoms with E-state index in [1.807, 2.05) is 0 Å². The molecule has 358 valence electrons. The molecule has 0 aliphatic heterocycles. The van der Waals surface area contributed by atoms with Gasteiger partial charge in [0.25, 0.3) is 0 Å². The summed E-state index contributed by atoms with van der Waals surface area (Å²) < 4.78 is 13.2. The molecule has 2 aliphatic carbocycles. The van der Waals surface area contributed by atoms with Crippen LogP contribution in [-0.2, 0) is 15.0 Å². The predicted molar refractivity (Wildman–Crippen MR) is 312 cm³/mol. The average Bonchev–Trinajstić information content (AvgIpc) is 3.99. The first-order chi connectivity index (χ1) is 31.2. The van der Waals surface area contributed by atoms with E-state index in [1.165, 1.54) is 76.4 Å². The van der Waals surface area contributed by atoms with Gasteiger partial charge in [-0.3, -0.25) is 0 Å². The Labute approximate surface area is 421 Å². The Kier molecular flexibility index (Phi) is 13.2. The van der Waals surface area contributed by atoms with Crippen molar-refractivity contribution in [2.75, 3.05) is 0 Å². The third-order valence-corrected chi connectivity index (χ3v) is 70.0. The molecule has 10 heteroatoms. The van der Waals surface area contributed by atoms with E-state index in [9.17, 15) is 17.0 Å². The molecule has 0 radical (unpaired) electrons. The van der Waals surface area contributed by atoms with Gasteiger partial charge in [-0.25, -0.2) is 0 Å². The second kappa shape index (κ2) is 17.3. The standard InChI is InChI=1S/2C28H35OSi2.C2H6Si.2ClH.Zr/c2*1-18-10-11-21-13-22(27-12-19(2)20(3)29-27)16-26(21)28(18)23-14-24(30(4,5)6)17-25(15-23)31(7,8)9;1-3-2;;;/h2*10-17H,1-9H3;1-2H3;2*1H;/q;;;;;+2/p-2. The fourth-order valence-corrected chi connectivity index (χ4v) is 43.6. The van der Waals surface area contributed by atoms with Gasteiger partial charge >= 0.3 is 426 Å². The molecule has 0 fully saturated rings. The van der Waals surface area contributed by atoms with Crippen LogP contribution in [0.4, 0.5) is 0 Å². The maximum absolute atomic E-state index is 9.27. The van der Waals surface area contributed by atoms with Gasteiger partial charge in [-0.1, -0.05) is 0 Å². The van der Waals surface area contributed by atoms with E-state index in [0.29, 0.717) is 0 Å². The second-order valence-corrected chi connectivity index (χ2v) is 84.1. The zero-order valence-electron chi connectivity index (χ0n) is 44.8. The average molecular weight is 1110 g/mol. The summed E-state index contributed by atoms with van der Waals surface area (Å²) in [7, 11) is 11.8. The molecule has 8 rings (SSSR count). The minimum atomic E-state index is -5.55. The Morgan fingerprint density at radius 1 is 0.441 bits per heavy atom. The van der Waals surface area contributed by atoms with Crippen LogP contribution in [0.1, 0.15) is 74.8 Å². The van der Waals surface area contributed by atoms with Crippen LogP contribution in [0.3, 0.4) is 0 Å². The van der Waals surface area contributed by atoms with E-state index >= 15 is 0 Å². The summed E-state index contributed by atoms with van der Waals surface area (Å²) in [5, 5.41) is 6.03.